The van der Waals surface area contributed by atoms with Crippen molar-refractivity contribution in [2.45, 2.75) is 417 Å². The summed E-state index contributed by atoms with van der Waals surface area (Å²) in [6.45, 7) is -6.42. The fourth-order valence-electron chi connectivity index (χ4n) is 19.5. The monoisotopic (exact) mass is 2190 g/mol. The normalized spacial score (nSPS) is 48.8. The summed E-state index contributed by atoms with van der Waals surface area (Å²) < 4.78 is 140. The van der Waals surface area contributed by atoms with Gasteiger partial charge in [0.1, 0.15) is 287 Å². The Balaban J connectivity index is 0.935. The van der Waals surface area contributed by atoms with E-state index in [1.54, 1.807) is 0 Å². The Morgan fingerprint density at radius 1 is 0.187 bits per heavy atom. The Morgan fingerprint density at radius 2 is 0.413 bits per heavy atom. The maximum Gasteiger partial charge on any atom is 0.217 e. The molecular formula is C84H140N6O60. The predicted molar refractivity (Wildman–Crippen MR) is 463 cm³/mol. The molecule has 0 aromatic rings. The number of ether oxygens (including phenoxy) is 23. The summed E-state index contributed by atoms with van der Waals surface area (Å²) in [6.07, 6.45) is -118. The molecule has 12 saturated heterocycles. The summed E-state index contributed by atoms with van der Waals surface area (Å²) >= 11 is 0. The molecule has 12 rings (SSSR count). The van der Waals surface area contributed by atoms with Gasteiger partial charge >= 0.3 is 0 Å². The average Bonchev–Trinajstić information content (AvgIpc) is 0.689. The van der Waals surface area contributed by atoms with Gasteiger partial charge in [0.05, 0.1) is 78.8 Å². The molecule has 12 aliphatic rings. The van der Waals surface area contributed by atoms with E-state index in [2.05, 4.69) is 31.9 Å². The minimum atomic E-state index is -2.80. The van der Waals surface area contributed by atoms with Crippen LogP contribution >= 0.6 is 0 Å². The highest BCUT2D eigenvalue weighted by Gasteiger charge is 2.64. The van der Waals surface area contributed by atoms with Gasteiger partial charge in [-0.1, -0.05) is 0 Å². The molecule has 66 nitrogen and oxygen atoms in total. The predicted octanol–water partition coefficient (Wildman–Crippen LogP) is -25.3. The number of hydrogen-bond donors (Lipinski definition) is 37. The molecule has 0 radical (unpaired) electrons. The van der Waals surface area contributed by atoms with Crippen LogP contribution in [0, 0.1) is 0 Å². The minimum absolute atomic E-state index is 0.846. The number of carbonyl (C=O) groups excluding carboxylic acids is 6. The number of aliphatic hydroxyl groups is 31. The van der Waals surface area contributed by atoms with E-state index >= 15 is 0 Å². The van der Waals surface area contributed by atoms with E-state index in [0.29, 0.717) is 0 Å². The molecule has 0 bridgehead atoms. The SMILES string of the molecule is CC(=O)N[C@@H]1[C@H](O[C@@H]2[C@@H](O[C@@H]3[C@H](O)[C@H](O[C@H]4[C@H](O)[C@@H](NC(C)=O)[C@H](O[C@H]5[C@H](O)[C@@H](NC(C)=O)[C@H](O)O[C@@H]5CO)O[C@@H]4CO)O[C@H](CO[C@H]4O[C@H](CO[C@@H]5O[C@H](CO)[C@@H](O)[C@H](O)[C@H]5NC(C)=O)[C@@H](O)[C@H](O)[C@@H]4O[C@@H]4O[C@H](CO)[C@@H](O[C@@H]5O[C@H](CO)[C@H](O)[C@H](O)[C@H]5O)[C@H](O)[C@H]4NC(C)=O)[C@H]3O)O[C@H](CO)[C@@H](O[C@@H]3O[C@H](CO)[C@@H](O[C@@H]4O[C@H](CO)[C@H](O)[C@H](O)[C@H]4O[C@@H]4O[C@@H](C)[C@@H](O)[C@@H](O)[C@@H]4O)[C@H](O)[C@H]3NC(C)=O)[C@@H]2O)O[C@H](CO)[C@@H](O)[C@@H]1O. The van der Waals surface area contributed by atoms with Crippen molar-refractivity contribution in [1.29, 1.82) is 0 Å². The van der Waals surface area contributed by atoms with E-state index in [4.69, 9.17) is 109 Å². The first-order chi connectivity index (χ1) is 70.9. The lowest BCUT2D eigenvalue weighted by Crippen LogP contribution is -2.71. The number of amides is 6. The Bertz CT molecular complexity index is 4250. The van der Waals surface area contributed by atoms with Crippen molar-refractivity contribution in [2.75, 3.05) is 72.7 Å². The molecule has 12 fully saturated rings. The molecular weight excluding hydrogens is 2050 g/mol. The van der Waals surface area contributed by atoms with Gasteiger partial charge in [-0.25, -0.2) is 0 Å². The standard InChI is InChI=1S/C84H140N6O60/c1-19-43(106)56(119)60(123)79(130-19)150-71-58(121)47(110)29(11-94)135-83(71)146-67-33(15-98)137-77(41(55(67)118)89-24(6)104)143-68-34(16-99)139-84(72(62(68)125)149-75-39(87-22(4)102)51(114)45(108)27(9-92)133-75)147-69-49(112)36(140-81(63(69)126)145-66-32(14-97)136-76(40(53(66)116)88-23(5)103)142-64-30(12-95)131-73(127)37(52(64)115)85-20(2)100)18-129-82-70(59(122)48(111)35(141-82)17-128-74-38(86-21(3)101)50(113)44(107)26(8-91)132-74)148-78-42(90-25(7)105)54(117)65(31(13-96)138-78)144-80-61(124)57(120)46(109)28(10-93)134-80/h19,26-84,91-99,106-127H,8-18H2,1-7H3,(H,85,100)(H,86,101)(H,87,102)(H,88,103)(H,89,104)(H,90,105)/t19-,26+,27+,28+,29+,30+,31+,32+,33+,34+,35+,36+,37+,38+,39-,40+,41+,42+,43+,44+,45+,46-,47-,48+,49+,50+,51+,52+,53+,54+,55+,56+,57-,58-,59-,60-,61+,62-,63-,64+,65+,66+,67+,68+,69-,70-,71+,72-,73+,74+,75-,76-,77-,78-,79-,80-,81-,82-,83-,84+/m0/s1. The van der Waals surface area contributed by atoms with Crippen molar-refractivity contribution in [3.05, 3.63) is 0 Å². The van der Waals surface area contributed by atoms with Crippen molar-refractivity contribution in [3.63, 3.8) is 0 Å². The molecule has 0 saturated carbocycles. The first-order valence-electron chi connectivity index (χ1n) is 48.0. The molecule has 6 amide bonds. The third-order valence-electron chi connectivity index (χ3n) is 27.4. The van der Waals surface area contributed by atoms with Crippen LogP contribution in [0.3, 0.4) is 0 Å². The van der Waals surface area contributed by atoms with Gasteiger partial charge in [0.15, 0.2) is 75.5 Å². The fourth-order valence-corrected chi connectivity index (χ4v) is 19.5. The number of aliphatic hydroxyl groups excluding tert-OH is 31. The molecule has 0 unspecified atom stereocenters. The van der Waals surface area contributed by atoms with Gasteiger partial charge in [-0.3, -0.25) is 28.8 Å². The average molecular weight is 2190 g/mol. The molecule has 0 aromatic heterocycles. The Kier molecular flexibility index (Phi) is 44.4. The second-order valence-corrected chi connectivity index (χ2v) is 38.1. The zero-order chi connectivity index (χ0) is 110. The van der Waals surface area contributed by atoms with Crippen LogP contribution in [0.4, 0.5) is 0 Å². The van der Waals surface area contributed by atoms with E-state index in [1.165, 1.54) is 6.92 Å². The molecule has 60 atom stereocenters. The van der Waals surface area contributed by atoms with Crippen molar-refractivity contribution >= 4 is 35.4 Å². The lowest BCUT2D eigenvalue weighted by Gasteiger charge is -2.52. The molecule has 37 N–H and O–H groups in total. The number of rotatable bonds is 39. The lowest BCUT2D eigenvalue weighted by molar-refractivity contribution is -0.406. The van der Waals surface area contributed by atoms with Crippen LogP contribution in [0.2, 0.25) is 0 Å². The van der Waals surface area contributed by atoms with Crippen molar-refractivity contribution in [2.24, 2.45) is 0 Å². The van der Waals surface area contributed by atoms with Crippen molar-refractivity contribution in [1.82, 2.24) is 31.9 Å². The fraction of sp³-hybridized carbons (Fsp3) is 0.929. The van der Waals surface area contributed by atoms with Crippen molar-refractivity contribution in [3.8, 4) is 0 Å². The Hall–Kier alpha value is -5.34. The summed E-state index contributed by atoms with van der Waals surface area (Å²) in [5.41, 5.74) is 0. The van der Waals surface area contributed by atoms with E-state index in [1.807, 2.05) is 0 Å². The van der Waals surface area contributed by atoms with Gasteiger partial charge in [0, 0.05) is 41.5 Å². The quantitative estimate of drug-likeness (QED) is 0.0272. The van der Waals surface area contributed by atoms with Crippen LogP contribution in [0.15, 0.2) is 0 Å². The van der Waals surface area contributed by atoms with Crippen LogP contribution in [0.5, 0.6) is 0 Å². The van der Waals surface area contributed by atoms with E-state index in [0.717, 1.165) is 41.5 Å². The summed E-state index contributed by atoms with van der Waals surface area (Å²) in [4.78, 5) is 78.2. The Labute approximate surface area is 849 Å². The van der Waals surface area contributed by atoms with Gasteiger partial charge in [0.2, 0.25) is 35.4 Å². The summed E-state index contributed by atoms with van der Waals surface area (Å²) in [7, 11) is 0. The van der Waals surface area contributed by atoms with Crippen LogP contribution in [-0.4, -0.2) is 635 Å². The van der Waals surface area contributed by atoms with Crippen molar-refractivity contribution < 1.29 is 296 Å². The topological polar surface area (TPSA) is 1010 Å². The zero-order valence-electron chi connectivity index (χ0n) is 81.1. The van der Waals surface area contributed by atoms with Gasteiger partial charge in [0.25, 0.3) is 0 Å². The van der Waals surface area contributed by atoms with Gasteiger partial charge < -0.3 is 299 Å². The molecule has 12 heterocycles. The molecule has 0 aromatic carbocycles. The molecule has 0 spiro atoms. The van der Waals surface area contributed by atoms with Crippen LogP contribution in [0.1, 0.15) is 48.5 Å². The maximum absolute atomic E-state index is 13.4. The highest BCUT2D eigenvalue weighted by atomic mass is 16.8. The molecule has 0 aliphatic carbocycles. The summed E-state index contributed by atoms with van der Waals surface area (Å²) in [6, 6.07) is -11.8. The Morgan fingerprint density at radius 3 is 0.813 bits per heavy atom. The second-order valence-electron chi connectivity index (χ2n) is 38.1. The third-order valence-corrected chi connectivity index (χ3v) is 27.4. The number of nitrogens with one attached hydrogen (secondary N) is 6. The molecule has 12 aliphatic heterocycles. The third kappa shape index (κ3) is 27.5. The van der Waals surface area contributed by atoms with Crippen LogP contribution < -0.4 is 31.9 Å². The van der Waals surface area contributed by atoms with Crippen LogP contribution in [0.25, 0.3) is 0 Å². The second kappa shape index (κ2) is 54.0. The van der Waals surface area contributed by atoms with Gasteiger partial charge in [-0.2, -0.15) is 0 Å². The molecule has 150 heavy (non-hydrogen) atoms. The zero-order valence-corrected chi connectivity index (χ0v) is 81.1. The number of carbonyl (C=O) groups is 6. The molecule has 66 heteroatoms. The first kappa shape index (κ1) is 123. The van der Waals surface area contributed by atoms with Gasteiger partial charge in [-0.15, -0.1) is 0 Å². The highest BCUT2D eigenvalue weighted by molar-refractivity contribution is 5.75. The van der Waals surface area contributed by atoms with Crippen LogP contribution in [-0.2, 0) is 138 Å². The number of hydrogen-bond acceptors (Lipinski definition) is 60. The lowest BCUT2D eigenvalue weighted by atomic mass is 9.93. The largest absolute Gasteiger partial charge is 0.394 e. The van der Waals surface area contributed by atoms with E-state index < -0.39 is 476 Å². The maximum atomic E-state index is 13.4. The summed E-state index contributed by atoms with van der Waals surface area (Å²) in [5.74, 6) is -5.85. The van der Waals surface area contributed by atoms with E-state index in [9.17, 15) is 187 Å². The van der Waals surface area contributed by atoms with Gasteiger partial charge in [-0.05, 0) is 6.92 Å². The minimum Gasteiger partial charge on any atom is -0.394 e. The van der Waals surface area contributed by atoms with E-state index in [-0.39, 0.29) is 0 Å². The highest BCUT2D eigenvalue weighted by Crippen LogP contribution is 2.43. The molecule has 866 valence electrons. The smallest absolute Gasteiger partial charge is 0.217 e. The summed E-state index contributed by atoms with van der Waals surface area (Å²) in [5, 5.41) is 368. The first-order valence-corrected chi connectivity index (χ1v) is 48.0.